The summed E-state index contributed by atoms with van der Waals surface area (Å²) in [5, 5.41) is 16.8. The number of benzene rings is 2. The average molecular weight is 345 g/mol. The lowest BCUT2D eigenvalue weighted by Gasteiger charge is -2.22. The van der Waals surface area contributed by atoms with Gasteiger partial charge in [-0.2, -0.15) is 5.26 Å². The maximum Gasteiger partial charge on any atom is 0.250 e. The Bertz CT molecular complexity index is 979. The number of amides is 1. The first-order chi connectivity index (χ1) is 12.7. The molecular formula is C20H19N5O. The number of pyridine rings is 1. The Morgan fingerprint density at radius 1 is 1.23 bits per heavy atom. The van der Waals surface area contributed by atoms with Gasteiger partial charge in [0.05, 0.1) is 28.4 Å². The van der Waals surface area contributed by atoms with Gasteiger partial charge in [0.25, 0.3) is 5.91 Å². The molecule has 1 aromatic heterocycles. The van der Waals surface area contributed by atoms with Crippen molar-refractivity contribution in [3.63, 3.8) is 0 Å². The molecule has 130 valence electrons. The number of hydrogen-bond donors (Lipinski definition) is 3. The molecule has 0 aliphatic rings. The molecule has 26 heavy (non-hydrogen) atoms. The fourth-order valence-electron chi connectivity index (χ4n) is 2.98. The molecule has 0 spiro atoms. The van der Waals surface area contributed by atoms with Crippen LogP contribution in [0.4, 0.5) is 5.69 Å². The molecule has 0 radical (unpaired) electrons. The van der Waals surface area contributed by atoms with Gasteiger partial charge in [0.15, 0.2) is 0 Å². The Hall–Kier alpha value is -3.43. The highest BCUT2D eigenvalue weighted by Crippen LogP contribution is 2.30. The fourth-order valence-corrected chi connectivity index (χ4v) is 2.98. The van der Waals surface area contributed by atoms with Crippen LogP contribution in [-0.4, -0.2) is 24.5 Å². The molecule has 2 aromatic carbocycles. The lowest BCUT2D eigenvalue weighted by atomic mass is 10.0. The second kappa shape index (κ2) is 7.64. The Balaban J connectivity index is 2.15. The standard InChI is InChI=1S/C20H19N5O/c1-23-12-17(13-6-3-2-4-7-13)25-18-14(10-21)11-24-19-15(18)8-5-9-16(19)20(22)26/h2-9,11,17,23H,12H2,1H3,(H2,22,26)(H,24,25)/t17-/m1/s1. The van der Waals surface area contributed by atoms with E-state index in [0.717, 1.165) is 5.56 Å². The van der Waals surface area contributed by atoms with Crippen LogP contribution in [0.2, 0.25) is 0 Å². The van der Waals surface area contributed by atoms with Gasteiger partial charge < -0.3 is 16.4 Å². The van der Waals surface area contributed by atoms with E-state index in [1.165, 1.54) is 6.20 Å². The van der Waals surface area contributed by atoms with E-state index < -0.39 is 5.91 Å². The number of rotatable bonds is 6. The zero-order valence-corrected chi connectivity index (χ0v) is 14.4. The van der Waals surface area contributed by atoms with E-state index in [4.69, 9.17) is 5.73 Å². The molecule has 0 aliphatic heterocycles. The van der Waals surface area contributed by atoms with E-state index in [9.17, 15) is 10.1 Å². The number of primary amides is 1. The van der Waals surface area contributed by atoms with E-state index in [0.29, 0.717) is 34.3 Å². The summed E-state index contributed by atoms with van der Waals surface area (Å²) >= 11 is 0. The number of hydrogen-bond acceptors (Lipinski definition) is 5. The van der Waals surface area contributed by atoms with E-state index in [1.807, 2.05) is 43.4 Å². The minimum Gasteiger partial charge on any atom is -0.375 e. The number of carbonyl (C=O) groups is 1. The molecule has 0 bridgehead atoms. The van der Waals surface area contributed by atoms with Crippen molar-refractivity contribution in [3.8, 4) is 6.07 Å². The largest absolute Gasteiger partial charge is 0.375 e. The molecule has 3 rings (SSSR count). The summed E-state index contributed by atoms with van der Waals surface area (Å²) in [6, 6.07) is 17.3. The number of nitriles is 1. The van der Waals surface area contributed by atoms with Gasteiger partial charge in [0.2, 0.25) is 0 Å². The molecule has 0 unspecified atom stereocenters. The Kier molecular flexibility index (Phi) is 5.11. The molecule has 6 heteroatoms. The Morgan fingerprint density at radius 2 is 2.00 bits per heavy atom. The van der Waals surface area contributed by atoms with Crippen LogP contribution in [0, 0.1) is 11.3 Å². The van der Waals surface area contributed by atoms with E-state index in [-0.39, 0.29) is 6.04 Å². The topological polar surface area (TPSA) is 104 Å². The minimum atomic E-state index is -0.548. The third-order valence-corrected chi connectivity index (χ3v) is 4.21. The monoisotopic (exact) mass is 345 g/mol. The first kappa shape index (κ1) is 17.4. The number of likely N-dealkylation sites (N-methyl/N-ethyl adjacent to an activating group) is 1. The summed E-state index contributed by atoms with van der Waals surface area (Å²) < 4.78 is 0. The lowest BCUT2D eigenvalue weighted by molar-refractivity contribution is 0.100. The van der Waals surface area contributed by atoms with Gasteiger partial charge in [0, 0.05) is 18.1 Å². The highest BCUT2D eigenvalue weighted by atomic mass is 16.1. The smallest absolute Gasteiger partial charge is 0.250 e. The van der Waals surface area contributed by atoms with Crippen LogP contribution in [-0.2, 0) is 0 Å². The van der Waals surface area contributed by atoms with E-state index in [2.05, 4.69) is 21.7 Å². The highest BCUT2D eigenvalue weighted by Gasteiger charge is 2.17. The van der Waals surface area contributed by atoms with Crippen molar-refractivity contribution in [2.45, 2.75) is 6.04 Å². The predicted octanol–water partition coefficient (Wildman–Crippen LogP) is 2.58. The molecule has 0 saturated carbocycles. The molecule has 6 nitrogen and oxygen atoms in total. The van der Waals surface area contributed by atoms with E-state index in [1.54, 1.807) is 12.1 Å². The van der Waals surface area contributed by atoms with Crippen LogP contribution >= 0.6 is 0 Å². The van der Waals surface area contributed by atoms with Gasteiger partial charge in [-0.15, -0.1) is 0 Å². The predicted molar refractivity (Wildman–Crippen MR) is 102 cm³/mol. The third-order valence-electron chi connectivity index (χ3n) is 4.21. The normalized spacial score (nSPS) is 11.7. The zero-order chi connectivity index (χ0) is 18.5. The lowest BCUT2D eigenvalue weighted by Crippen LogP contribution is -2.24. The van der Waals surface area contributed by atoms with Crippen LogP contribution in [0.15, 0.2) is 54.7 Å². The molecule has 1 amide bonds. The number of nitrogens with zero attached hydrogens (tertiary/aromatic N) is 2. The summed E-state index contributed by atoms with van der Waals surface area (Å²) in [4.78, 5) is 16.0. The Labute approximate surface area is 151 Å². The van der Waals surface area contributed by atoms with Crippen molar-refractivity contribution < 1.29 is 4.79 Å². The molecule has 0 saturated heterocycles. The third kappa shape index (κ3) is 3.34. The highest BCUT2D eigenvalue weighted by molar-refractivity contribution is 6.08. The van der Waals surface area contributed by atoms with Crippen LogP contribution in [0.25, 0.3) is 10.9 Å². The molecule has 1 atom stereocenters. The second-order valence-electron chi connectivity index (χ2n) is 5.89. The van der Waals surface area contributed by atoms with Gasteiger partial charge in [0.1, 0.15) is 6.07 Å². The van der Waals surface area contributed by atoms with Gasteiger partial charge in [-0.05, 0) is 18.7 Å². The van der Waals surface area contributed by atoms with E-state index >= 15 is 0 Å². The summed E-state index contributed by atoms with van der Waals surface area (Å²) in [6.45, 7) is 0.661. The first-order valence-corrected chi connectivity index (χ1v) is 8.23. The number of anilines is 1. The summed E-state index contributed by atoms with van der Waals surface area (Å²) in [6.07, 6.45) is 1.47. The summed E-state index contributed by atoms with van der Waals surface area (Å²) in [5.74, 6) is -0.548. The van der Waals surface area contributed by atoms with Gasteiger partial charge in [-0.1, -0.05) is 42.5 Å². The summed E-state index contributed by atoms with van der Waals surface area (Å²) in [5.41, 5.74) is 8.42. The van der Waals surface area contributed by atoms with Crippen molar-refractivity contribution in [1.29, 1.82) is 5.26 Å². The van der Waals surface area contributed by atoms with Crippen molar-refractivity contribution in [1.82, 2.24) is 10.3 Å². The zero-order valence-electron chi connectivity index (χ0n) is 14.4. The van der Waals surface area contributed by atoms with Crippen LogP contribution in [0.3, 0.4) is 0 Å². The number of nitrogens with two attached hydrogens (primary N) is 1. The van der Waals surface area contributed by atoms with Gasteiger partial charge >= 0.3 is 0 Å². The number of para-hydroxylation sites is 1. The molecule has 0 fully saturated rings. The fraction of sp³-hybridized carbons (Fsp3) is 0.150. The average Bonchev–Trinajstić information content (AvgIpc) is 2.67. The minimum absolute atomic E-state index is 0.0591. The van der Waals surface area contributed by atoms with Crippen molar-refractivity contribution >= 4 is 22.5 Å². The second-order valence-corrected chi connectivity index (χ2v) is 5.89. The molecule has 1 heterocycles. The molecule has 3 aromatic rings. The van der Waals surface area contributed by atoms with Crippen molar-refractivity contribution in [2.24, 2.45) is 5.73 Å². The van der Waals surface area contributed by atoms with Gasteiger partial charge in [-0.25, -0.2) is 0 Å². The maximum absolute atomic E-state index is 11.7. The first-order valence-electron chi connectivity index (χ1n) is 8.23. The van der Waals surface area contributed by atoms with Crippen LogP contribution < -0.4 is 16.4 Å². The number of carbonyl (C=O) groups excluding carboxylic acids is 1. The quantitative estimate of drug-likeness (QED) is 0.637. The molecular weight excluding hydrogens is 326 g/mol. The maximum atomic E-state index is 11.7. The number of nitrogens with one attached hydrogen (secondary N) is 2. The number of fused-ring (bicyclic) bond motifs is 1. The summed E-state index contributed by atoms with van der Waals surface area (Å²) in [7, 11) is 1.87. The molecule has 0 aliphatic carbocycles. The Morgan fingerprint density at radius 3 is 2.65 bits per heavy atom. The van der Waals surface area contributed by atoms with Crippen molar-refractivity contribution in [3.05, 3.63) is 71.4 Å². The molecule has 4 N–H and O–H groups in total. The van der Waals surface area contributed by atoms with Crippen LogP contribution in [0.5, 0.6) is 0 Å². The van der Waals surface area contributed by atoms with Crippen LogP contribution in [0.1, 0.15) is 27.5 Å². The van der Waals surface area contributed by atoms with Crippen molar-refractivity contribution in [2.75, 3.05) is 18.9 Å². The number of aromatic nitrogens is 1. The van der Waals surface area contributed by atoms with Gasteiger partial charge in [-0.3, -0.25) is 9.78 Å². The SMILES string of the molecule is CNC[C@@H](Nc1c(C#N)cnc2c(C(N)=O)cccc12)c1ccccc1.